The second kappa shape index (κ2) is 4.64. The molecule has 1 N–H and O–H groups in total. The molecule has 1 aromatic heterocycles. The van der Waals surface area contributed by atoms with E-state index in [1.165, 1.54) is 0 Å². The Labute approximate surface area is 116 Å². The summed E-state index contributed by atoms with van der Waals surface area (Å²) in [6, 6.07) is 5.68. The zero-order valence-corrected chi connectivity index (χ0v) is 11.1. The first-order valence-corrected chi connectivity index (χ1v) is 6.55. The van der Waals surface area contributed by atoms with Crippen molar-refractivity contribution in [2.24, 2.45) is 5.92 Å². The van der Waals surface area contributed by atoms with E-state index in [9.17, 15) is 4.79 Å². The quantitative estimate of drug-likeness (QED) is 0.838. The number of fused-ring (bicyclic) bond motifs is 1. The maximum absolute atomic E-state index is 12.1. The SMILES string of the molecule is C#CC1CN(C(=O)Cc2c[nH]c3cccc(Cl)c23)C1. The van der Waals surface area contributed by atoms with Crippen LogP contribution in [0.4, 0.5) is 0 Å². The van der Waals surface area contributed by atoms with Gasteiger partial charge in [-0.3, -0.25) is 4.79 Å². The molecule has 1 amide bonds. The van der Waals surface area contributed by atoms with Gasteiger partial charge in [-0.2, -0.15) is 0 Å². The monoisotopic (exact) mass is 272 g/mol. The van der Waals surface area contributed by atoms with Crippen molar-refractivity contribution < 1.29 is 4.79 Å². The predicted molar refractivity (Wildman–Crippen MR) is 75.9 cm³/mol. The van der Waals surface area contributed by atoms with Crippen molar-refractivity contribution in [1.29, 1.82) is 0 Å². The van der Waals surface area contributed by atoms with Crippen LogP contribution in [-0.2, 0) is 11.2 Å². The summed E-state index contributed by atoms with van der Waals surface area (Å²) in [7, 11) is 0. The molecule has 2 aromatic rings. The molecule has 4 heteroatoms. The molecule has 2 heterocycles. The first-order chi connectivity index (χ1) is 9.19. The van der Waals surface area contributed by atoms with Crippen molar-refractivity contribution in [2.75, 3.05) is 13.1 Å². The number of hydrogen-bond donors (Lipinski definition) is 1. The standard InChI is InChI=1S/C15H13ClN2O/c1-2-10-8-18(9-10)14(19)6-11-7-17-13-5-3-4-12(16)15(11)13/h1,3-5,7,10,17H,6,8-9H2. The molecule has 1 aliphatic heterocycles. The molecular weight excluding hydrogens is 260 g/mol. The minimum Gasteiger partial charge on any atom is -0.361 e. The minimum atomic E-state index is 0.104. The molecule has 0 atom stereocenters. The fraction of sp³-hybridized carbons (Fsp3) is 0.267. The summed E-state index contributed by atoms with van der Waals surface area (Å²) in [6.07, 6.45) is 7.53. The van der Waals surface area contributed by atoms with Crippen molar-refractivity contribution in [2.45, 2.75) is 6.42 Å². The van der Waals surface area contributed by atoms with Gasteiger partial charge in [0, 0.05) is 30.2 Å². The van der Waals surface area contributed by atoms with Crippen molar-refractivity contribution >= 4 is 28.4 Å². The second-order valence-electron chi connectivity index (χ2n) is 4.82. The maximum Gasteiger partial charge on any atom is 0.227 e. The minimum absolute atomic E-state index is 0.104. The van der Waals surface area contributed by atoms with E-state index in [0.717, 1.165) is 16.5 Å². The van der Waals surface area contributed by atoms with Crippen molar-refractivity contribution in [3.8, 4) is 12.3 Å². The number of amides is 1. The van der Waals surface area contributed by atoms with Gasteiger partial charge in [-0.25, -0.2) is 0 Å². The van der Waals surface area contributed by atoms with Crippen LogP contribution in [0.2, 0.25) is 5.02 Å². The second-order valence-corrected chi connectivity index (χ2v) is 5.22. The number of carbonyl (C=O) groups excluding carboxylic acids is 1. The van der Waals surface area contributed by atoms with Crippen LogP contribution in [0.5, 0.6) is 0 Å². The van der Waals surface area contributed by atoms with Gasteiger partial charge in [0.05, 0.1) is 17.4 Å². The van der Waals surface area contributed by atoms with Crippen molar-refractivity contribution in [3.63, 3.8) is 0 Å². The number of hydrogen-bond acceptors (Lipinski definition) is 1. The largest absolute Gasteiger partial charge is 0.361 e. The number of aromatic nitrogens is 1. The Morgan fingerprint density at radius 2 is 2.32 bits per heavy atom. The van der Waals surface area contributed by atoms with Crippen molar-refractivity contribution in [1.82, 2.24) is 9.88 Å². The number of H-pyrrole nitrogens is 1. The summed E-state index contributed by atoms with van der Waals surface area (Å²) in [5.41, 5.74) is 1.90. The predicted octanol–water partition coefficient (Wildman–Crippen LogP) is 2.46. The number of carbonyl (C=O) groups is 1. The molecule has 0 unspecified atom stereocenters. The van der Waals surface area contributed by atoms with Crippen LogP contribution in [0.3, 0.4) is 0 Å². The third-order valence-corrected chi connectivity index (χ3v) is 3.86. The highest BCUT2D eigenvalue weighted by Crippen LogP contribution is 2.27. The van der Waals surface area contributed by atoms with Crippen LogP contribution in [0.1, 0.15) is 5.56 Å². The molecular formula is C15H13ClN2O. The molecule has 96 valence electrons. The van der Waals surface area contributed by atoms with E-state index in [0.29, 0.717) is 24.5 Å². The van der Waals surface area contributed by atoms with Crippen LogP contribution in [0.15, 0.2) is 24.4 Å². The third kappa shape index (κ3) is 2.09. The zero-order valence-electron chi connectivity index (χ0n) is 10.3. The zero-order chi connectivity index (χ0) is 13.4. The van der Waals surface area contributed by atoms with Crippen LogP contribution in [-0.4, -0.2) is 28.9 Å². The van der Waals surface area contributed by atoms with E-state index in [1.54, 1.807) is 4.90 Å². The van der Waals surface area contributed by atoms with Crippen molar-refractivity contribution in [3.05, 3.63) is 35.0 Å². The molecule has 19 heavy (non-hydrogen) atoms. The van der Waals surface area contributed by atoms with Gasteiger partial charge < -0.3 is 9.88 Å². The van der Waals surface area contributed by atoms with Gasteiger partial charge in [-0.15, -0.1) is 6.42 Å². The van der Waals surface area contributed by atoms with Gasteiger partial charge in [-0.1, -0.05) is 23.6 Å². The van der Waals surface area contributed by atoms with Gasteiger partial charge in [0.1, 0.15) is 0 Å². The number of aromatic amines is 1. The van der Waals surface area contributed by atoms with E-state index in [4.69, 9.17) is 18.0 Å². The number of halogens is 1. The summed E-state index contributed by atoms with van der Waals surface area (Å²) in [4.78, 5) is 17.0. The van der Waals surface area contributed by atoms with Crippen LogP contribution < -0.4 is 0 Å². The molecule has 0 spiro atoms. The lowest BCUT2D eigenvalue weighted by Gasteiger charge is -2.36. The van der Waals surface area contributed by atoms with E-state index >= 15 is 0 Å². The summed E-state index contributed by atoms with van der Waals surface area (Å²) < 4.78 is 0. The first kappa shape index (κ1) is 12.1. The number of rotatable bonds is 2. The summed E-state index contributed by atoms with van der Waals surface area (Å²) in [5, 5.41) is 1.61. The maximum atomic E-state index is 12.1. The Bertz CT molecular complexity index is 677. The normalized spacial score (nSPS) is 15.3. The molecule has 1 aliphatic rings. The lowest BCUT2D eigenvalue weighted by molar-refractivity contribution is -0.135. The summed E-state index contributed by atoms with van der Waals surface area (Å²) >= 11 is 6.19. The highest BCUT2D eigenvalue weighted by atomic mass is 35.5. The molecule has 1 fully saturated rings. The molecule has 3 rings (SSSR count). The first-order valence-electron chi connectivity index (χ1n) is 6.17. The third-order valence-electron chi connectivity index (χ3n) is 3.55. The number of likely N-dealkylation sites (tertiary alicyclic amines) is 1. The average Bonchev–Trinajstić information content (AvgIpc) is 2.72. The van der Waals surface area contributed by atoms with Gasteiger partial charge in [0.25, 0.3) is 0 Å². The highest BCUT2D eigenvalue weighted by molar-refractivity contribution is 6.35. The van der Waals surface area contributed by atoms with Crippen LogP contribution in [0, 0.1) is 18.3 Å². The number of nitrogens with one attached hydrogen (secondary N) is 1. The molecule has 3 nitrogen and oxygen atoms in total. The molecule has 1 aromatic carbocycles. The lowest BCUT2D eigenvalue weighted by Crippen LogP contribution is -2.49. The number of benzene rings is 1. The highest BCUT2D eigenvalue weighted by Gasteiger charge is 2.29. The van der Waals surface area contributed by atoms with Crippen LogP contribution >= 0.6 is 11.6 Å². The molecule has 0 aliphatic carbocycles. The number of nitrogens with zero attached hydrogens (tertiary/aromatic N) is 1. The molecule has 0 bridgehead atoms. The van der Waals surface area contributed by atoms with E-state index in [1.807, 2.05) is 24.4 Å². The Morgan fingerprint density at radius 1 is 1.53 bits per heavy atom. The molecule has 0 saturated carbocycles. The van der Waals surface area contributed by atoms with Crippen LogP contribution in [0.25, 0.3) is 10.9 Å². The summed E-state index contributed by atoms with van der Waals surface area (Å²) in [5.74, 6) is 2.98. The number of terminal acetylenes is 1. The fourth-order valence-corrected chi connectivity index (χ4v) is 2.71. The molecule has 0 radical (unpaired) electrons. The fourth-order valence-electron chi connectivity index (χ4n) is 2.41. The van der Waals surface area contributed by atoms with Gasteiger partial charge >= 0.3 is 0 Å². The van der Waals surface area contributed by atoms with Gasteiger partial charge in [-0.05, 0) is 17.7 Å². The Hall–Kier alpha value is -1.92. The van der Waals surface area contributed by atoms with E-state index in [2.05, 4.69) is 10.9 Å². The Morgan fingerprint density at radius 3 is 3.05 bits per heavy atom. The summed E-state index contributed by atoms with van der Waals surface area (Å²) in [6.45, 7) is 1.34. The van der Waals surface area contributed by atoms with E-state index in [-0.39, 0.29) is 11.8 Å². The van der Waals surface area contributed by atoms with Gasteiger partial charge in [0.2, 0.25) is 5.91 Å². The van der Waals surface area contributed by atoms with E-state index < -0.39 is 0 Å². The smallest absolute Gasteiger partial charge is 0.227 e. The topological polar surface area (TPSA) is 36.1 Å². The van der Waals surface area contributed by atoms with Gasteiger partial charge in [0.15, 0.2) is 0 Å². The Balaban J connectivity index is 1.79. The lowest BCUT2D eigenvalue weighted by atomic mass is 10.00. The molecule has 1 saturated heterocycles. The average molecular weight is 273 g/mol. The Kier molecular flexibility index (Phi) is 2.96.